The van der Waals surface area contributed by atoms with Crippen molar-refractivity contribution in [2.24, 2.45) is 17.6 Å². The Morgan fingerprint density at radius 2 is 1.83 bits per heavy atom. The minimum absolute atomic E-state index is 0.285. The third-order valence-electron chi connectivity index (χ3n) is 6.46. The van der Waals surface area contributed by atoms with Crippen LogP contribution in [0.25, 0.3) is 0 Å². The molecule has 3 atom stereocenters. The summed E-state index contributed by atoms with van der Waals surface area (Å²) < 4.78 is 0. The van der Waals surface area contributed by atoms with Crippen LogP contribution in [-0.4, -0.2) is 29.9 Å². The van der Waals surface area contributed by atoms with Crippen LogP contribution in [0.3, 0.4) is 0 Å². The molecule has 2 N–H and O–H groups in total. The minimum Gasteiger partial charge on any atom is -0.341 e. The van der Waals surface area contributed by atoms with Gasteiger partial charge in [0.2, 0.25) is 5.91 Å². The molecule has 4 heteroatoms. The lowest BCUT2D eigenvalue weighted by Gasteiger charge is -2.33. The molecule has 1 aliphatic heterocycles. The summed E-state index contributed by atoms with van der Waals surface area (Å²) in [6.07, 6.45) is 6.50. The van der Waals surface area contributed by atoms with Crippen LogP contribution in [0.1, 0.15) is 44.1 Å². The highest BCUT2D eigenvalue weighted by atomic mass is 35.5. The number of likely N-dealkylation sites (tertiary alicyclic amines) is 1. The quantitative estimate of drug-likeness (QED) is 0.902. The zero-order valence-electron chi connectivity index (χ0n) is 13.5. The number of amides is 1. The largest absolute Gasteiger partial charge is 0.341 e. The number of hydrogen-bond acceptors (Lipinski definition) is 2. The summed E-state index contributed by atoms with van der Waals surface area (Å²) in [5, 5.41) is 0.732. The highest BCUT2D eigenvalue weighted by Gasteiger charge is 2.49. The van der Waals surface area contributed by atoms with Gasteiger partial charge < -0.3 is 10.6 Å². The predicted octanol–water partition coefficient (Wildman–Crippen LogP) is 3.35. The zero-order chi connectivity index (χ0) is 16.0. The van der Waals surface area contributed by atoms with Gasteiger partial charge >= 0.3 is 0 Å². The van der Waals surface area contributed by atoms with E-state index in [0.29, 0.717) is 17.7 Å². The Morgan fingerprint density at radius 1 is 1.13 bits per heavy atom. The highest BCUT2D eigenvalue weighted by molar-refractivity contribution is 6.30. The average Bonchev–Trinajstić information content (AvgIpc) is 3.26. The van der Waals surface area contributed by atoms with Crippen LogP contribution in [0.5, 0.6) is 0 Å². The molecule has 1 heterocycles. The molecule has 3 fully saturated rings. The van der Waals surface area contributed by atoms with Crippen molar-refractivity contribution < 1.29 is 4.79 Å². The standard InChI is InChI=1S/C19H25ClN2O/c20-15-6-4-14(5-7-15)19(9-1-2-10-19)18(23)22-11-13-3-8-17(21)16(13)12-22/h4-7,13,16-17H,1-3,8-12,21H2. The third-order valence-corrected chi connectivity index (χ3v) is 6.71. The van der Waals surface area contributed by atoms with E-state index < -0.39 is 0 Å². The summed E-state index contributed by atoms with van der Waals surface area (Å²) in [6, 6.07) is 8.22. The normalized spacial score (nSPS) is 32.3. The fourth-order valence-corrected chi connectivity index (χ4v) is 5.28. The lowest BCUT2D eigenvalue weighted by molar-refractivity contribution is -0.136. The van der Waals surface area contributed by atoms with Gasteiger partial charge in [-0.1, -0.05) is 36.6 Å². The smallest absolute Gasteiger partial charge is 0.233 e. The zero-order valence-corrected chi connectivity index (χ0v) is 14.3. The number of benzene rings is 1. The molecule has 3 aliphatic rings. The topological polar surface area (TPSA) is 46.3 Å². The van der Waals surface area contributed by atoms with Gasteiger partial charge in [0, 0.05) is 24.2 Å². The molecule has 0 radical (unpaired) electrons. The maximum Gasteiger partial charge on any atom is 0.233 e. The number of carbonyl (C=O) groups is 1. The van der Waals surface area contributed by atoms with Crippen LogP contribution < -0.4 is 5.73 Å². The number of nitrogens with two attached hydrogens (primary N) is 1. The van der Waals surface area contributed by atoms with Crippen molar-refractivity contribution in [1.82, 2.24) is 4.90 Å². The number of nitrogens with zero attached hydrogens (tertiary/aromatic N) is 1. The second kappa shape index (κ2) is 5.78. The lowest BCUT2D eigenvalue weighted by atomic mass is 9.77. The van der Waals surface area contributed by atoms with Gasteiger partial charge in [0.25, 0.3) is 0 Å². The average molecular weight is 333 g/mol. The van der Waals surface area contributed by atoms with E-state index in [1.165, 1.54) is 6.42 Å². The van der Waals surface area contributed by atoms with Crippen molar-refractivity contribution >= 4 is 17.5 Å². The first kappa shape index (κ1) is 15.5. The molecule has 3 nitrogen and oxygen atoms in total. The Morgan fingerprint density at radius 3 is 2.48 bits per heavy atom. The number of halogens is 1. The van der Waals surface area contributed by atoms with Gasteiger partial charge in [-0.2, -0.15) is 0 Å². The van der Waals surface area contributed by atoms with E-state index in [4.69, 9.17) is 17.3 Å². The highest BCUT2D eigenvalue weighted by Crippen LogP contribution is 2.45. The van der Waals surface area contributed by atoms with E-state index in [1.807, 2.05) is 24.3 Å². The Labute approximate surface area is 143 Å². The summed E-state index contributed by atoms with van der Waals surface area (Å²) in [7, 11) is 0. The van der Waals surface area contributed by atoms with Gasteiger partial charge in [0.15, 0.2) is 0 Å². The van der Waals surface area contributed by atoms with E-state index in [1.54, 1.807) is 0 Å². The van der Waals surface area contributed by atoms with Crippen LogP contribution in [-0.2, 0) is 10.2 Å². The second-order valence-electron chi connectivity index (χ2n) is 7.67. The van der Waals surface area contributed by atoms with E-state index in [2.05, 4.69) is 4.90 Å². The SMILES string of the molecule is NC1CCC2CN(C(=O)C3(c4ccc(Cl)cc4)CCCC3)CC12. The van der Waals surface area contributed by atoms with Gasteiger partial charge in [-0.05, 0) is 55.2 Å². The molecule has 4 rings (SSSR count). The second-order valence-corrected chi connectivity index (χ2v) is 8.11. The van der Waals surface area contributed by atoms with Crippen molar-refractivity contribution in [2.45, 2.75) is 50.0 Å². The van der Waals surface area contributed by atoms with Gasteiger partial charge in [-0.25, -0.2) is 0 Å². The molecule has 124 valence electrons. The van der Waals surface area contributed by atoms with Gasteiger partial charge in [-0.15, -0.1) is 0 Å². The molecule has 0 aromatic heterocycles. The Hall–Kier alpha value is -1.06. The Kier molecular flexibility index (Phi) is 3.89. The van der Waals surface area contributed by atoms with Crippen molar-refractivity contribution in [3.05, 3.63) is 34.9 Å². The van der Waals surface area contributed by atoms with E-state index in [9.17, 15) is 4.79 Å². The van der Waals surface area contributed by atoms with Crippen molar-refractivity contribution in [3.63, 3.8) is 0 Å². The molecule has 1 amide bonds. The van der Waals surface area contributed by atoms with Crippen molar-refractivity contribution in [1.29, 1.82) is 0 Å². The lowest BCUT2D eigenvalue weighted by Crippen LogP contribution is -2.45. The summed E-state index contributed by atoms with van der Waals surface area (Å²) in [5.41, 5.74) is 7.06. The number of hydrogen-bond donors (Lipinski definition) is 1. The monoisotopic (exact) mass is 332 g/mol. The molecular weight excluding hydrogens is 308 g/mol. The van der Waals surface area contributed by atoms with Crippen LogP contribution in [0.4, 0.5) is 0 Å². The summed E-state index contributed by atoms with van der Waals surface area (Å²) in [5.74, 6) is 1.47. The predicted molar refractivity (Wildman–Crippen MR) is 92.4 cm³/mol. The number of fused-ring (bicyclic) bond motifs is 1. The van der Waals surface area contributed by atoms with E-state index >= 15 is 0 Å². The number of rotatable bonds is 2. The first-order valence-electron chi connectivity index (χ1n) is 8.91. The van der Waals surface area contributed by atoms with Gasteiger partial charge in [0.05, 0.1) is 5.41 Å². The molecule has 23 heavy (non-hydrogen) atoms. The summed E-state index contributed by atoms with van der Waals surface area (Å²) in [4.78, 5) is 15.6. The third kappa shape index (κ3) is 2.49. The van der Waals surface area contributed by atoms with Gasteiger partial charge in [0.1, 0.15) is 0 Å². The molecule has 1 saturated heterocycles. The van der Waals surface area contributed by atoms with Crippen LogP contribution in [0.2, 0.25) is 5.02 Å². The summed E-state index contributed by atoms with van der Waals surface area (Å²) in [6.45, 7) is 1.77. The maximum absolute atomic E-state index is 13.4. The Bertz CT molecular complexity index is 594. The van der Waals surface area contributed by atoms with Crippen LogP contribution in [0.15, 0.2) is 24.3 Å². The fraction of sp³-hybridized carbons (Fsp3) is 0.632. The van der Waals surface area contributed by atoms with Crippen molar-refractivity contribution in [2.75, 3.05) is 13.1 Å². The molecule has 0 spiro atoms. The Balaban J connectivity index is 1.61. The van der Waals surface area contributed by atoms with Crippen LogP contribution in [0, 0.1) is 11.8 Å². The molecule has 2 saturated carbocycles. The first-order chi connectivity index (χ1) is 11.1. The number of carbonyl (C=O) groups excluding carboxylic acids is 1. The molecular formula is C19H25ClN2O. The van der Waals surface area contributed by atoms with E-state index in [-0.39, 0.29) is 11.5 Å². The molecule has 3 unspecified atom stereocenters. The minimum atomic E-state index is -0.326. The van der Waals surface area contributed by atoms with Crippen LogP contribution >= 0.6 is 11.6 Å². The fourth-order valence-electron chi connectivity index (χ4n) is 5.15. The molecule has 2 aliphatic carbocycles. The molecule has 0 bridgehead atoms. The van der Waals surface area contributed by atoms with Crippen molar-refractivity contribution in [3.8, 4) is 0 Å². The van der Waals surface area contributed by atoms with Gasteiger partial charge in [-0.3, -0.25) is 4.79 Å². The molecule has 1 aromatic carbocycles. The van der Waals surface area contributed by atoms with E-state index in [0.717, 1.165) is 55.8 Å². The first-order valence-corrected chi connectivity index (χ1v) is 9.29. The molecule has 1 aromatic rings. The maximum atomic E-state index is 13.4. The summed E-state index contributed by atoms with van der Waals surface area (Å²) >= 11 is 6.04.